The molecule has 86 valence electrons. The predicted octanol–water partition coefficient (Wildman–Crippen LogP) is 1.83. The molecule has 0 radical (unpaired) electrons. The van der Waals surface area contributed by atoms with Gasteiger partial charge in [-0.25, -0.2) is 0 Å². The van der Waals surface area contributed by atoms with Crippen molar-refractivity contribution in [2.24, 2.45) is 22.6 Å². The Morgan fingerprint density at radius 2 is 2.33 bits per heavy atom. The highest BCUT2D eigenvalue weighted by atomic mass is 15.4. The van der Waals surface area contributed by atoms with Crippen molar-refractivity contribution >= 4 is 5.96 Å². The molecule has 1 spiro atoms. The minimum Gasteiger partial charge on any atom is -0.370 e. The summed E-state index contributed by atoms with van der Waals surface area (Å²) in [6.45, 7) is 8.82. The van der Waals surface area contributed by atoms with Crippen LogP contribution in [0.25, 0.3) is 0 Å². The summed E-state index contributed by atoms with van der Waals surface area (Å²) in [5.74, 6) is 2.27. The first-order valence-corrected chi connectivity index (χ1v) is 6.11. The summed E-state index contributed by atoms with van der Waals surface area (Å²) in [5.41, 5.74) is 6.29. The highest BCUT2D eigenvalue weighted by Crippen LogP contribution is 2.41. The molecule has 2 atom stereocenters. The van der Waals surface area contributed by atoms with Crippen LogP contribution in [0.15, 0.2) is 4.99 Å². The van der Waals surface area contributed by atoms with Crippen LogP contribution in [0.4, 0.5) is 0 Å². The van der Waals surface area contributed by atoms with Gasteiger partial charge in [-0.15, -0.1) is 0 Å². The Morgan fingerprint density at radius 3 is 2.87 bits per heavy atom. The first kappa shape index (κ1) is 10.8. The predicted molar refractivity (Wildman–Crippen MR) is 63.8 cm³/mol. The van der Waals surface area contributed by atoms with E-state index in [4.69, 9.17) is 5.73 Å². The van der Waals surface area contributed by atoms with Gasteiger partial charge in [0.05, 0.1) is 12.1 Å². The van der Waals surface area contributed by atoms with Crippen LogP contribution in [0, 0.1) is 11.8 Å². The van der Waals surface area contributed by atoms with Gasteiger partial charge in [0.25, 0.3) is 0 Å². The molecular formula is C12H23N3. The molecule has 1 aliphatic heterocycles. The van der Waals surface area contributed by atoms with E-state index in [9.17, 15) is 0 Å². The number of nitrogens with two attached hydrogens (primary N) is 1. The van der Waals surface area contributed by atoms with E-state index >= 15 is 0 Å². The number of aliphatic imine (C=N–C) groups is 1. The van der Waals surface area contributed by atoms with E-state index in [1.165, 1.54) is 19.3 Å². The van der Waals surface area contributed by atoms with Gasteiger partial charge in [0.1, 0.15) is 0 Å². The molecule has 2 rings (SSSR count). The zero-order valence-electron chi connectivity index (χ0n) is 10.2. The molecule has 0 aromatic heterocycles. The van der Waals surface area contributed by atoms with Crippen LogP contribution in [0.2, 0.25) is 0 Å². The lowest BCUT2D eigenvalue weighted by atomic mass is 9.94. The normalized spacial score (nSPS) is 35.6. The second kappa shape index (κ2) is 3.69. The monoisotopic (exact) mass is 209 g/mol. The zero-order valence-corrected chi connectivity index (χ0v) is 10.2. The molecule has 1 aliphatic carbocycles. The molecule has 0 amide bonds. The molecule has 2 unspecified atom stereocenters. The summed E-state index contributed by atoms with van der Waals surface area (Å²) in [7, 11) is 0. The van der Waals surface area contributed by atoms with Gasteiger partial charge in [-0.3, -0.25) is 4.99 Å². The van der Waals surface area contributed by atoms with E-state index < -0.39 is 0 Å². The fourth-order valence-electron chi connectivity index (χ4n) is 3.05. The SMILES string of the molecule is CC(C)CN1C(N)=NCC12CCC(C)C2. The van der Waals surface area contributed by atoms with Crippen molar-refractivity contribution in [3.05, 3.63) is 0 Å². The highest BCUT2D eigenvalue weighted by Gasteiger charge is 2.46. The minimum absolute atomic E-state index is 0.285. The van der Waals surface area contributed by atoms with Crippen LogP contribution in [0.3, 0.4) is 0 Å². The Hall–Kier alpha value is -0.730. The van der Waals surface area contributed by atoms with Gasteiger partial charge in [0.15, 0.2) is 5.96 Å². The standard InChI is InChI=1S/C12H23N3/c1-9(2)7-15-11(13)14-8-12(15)5-4-10(3)6-12/h9-10H,4-8H2,1-3H3,(H2,13,14). The van der Waals surface area contributed by atoms with Gasteiger partial charge in [0.2, 0.25) is 0 Å². The molecule has 0 bridgehead atoms. The summed E-state index contributed by atoms with van der Waals surface area (Å²) >= 11 is 0. The van der Waals surface area contributed by atoms with Crippen molar-refractivity contribution in [2.75, 3.05) is 13.1 Å². The number of guanidine groups is 1. The van der Waals surface area contributed by atoms with Gasteiger partial charge in [0, 0.05) is 6.54 Å². The lowest BCUT2D eigenvalue weighted by molar-refractivity contribution is 0.183. The van der Waals surface area contributed by atoms with Crippen LogP contribution in [0.5, 0.6) is 0 Å². The summed E-state index contributed by atoms with van der Waals surface area (Å²) in [6.07, 6.45) is 3.87. The van der Waals surface area contributed by atoms with Crippen LogP contribution in [0.1, 0.15) is 40.0 Å². The molecular weight excluding hydrogens is 186 g/mol. The van der Waals surface area contributed by atoms with Gasteiger partial charge in [-0.1, -0.05) is 20.8 Å². The maximum atomic E-state index is 6.00. The fourth-order valence-corrected chi connectivity index (χ4v) is 3.05. The van der Waals surface area contributed by atoms with E-state index in [1.807, 2.05) is 0 Å². The van der Waals surface area contributed by atoms with Crippen molar-refractivity contribution in [3.8, 4) is 0 Å². The lowest BCUT2D eigenvalue weighted by Crippen LogP contribution is -2.51. The first-order valence-electron chi connectivity index (χ1n) is 6.11. The molecule has 3 nitrogen and oxygen atoms in total. The zero-order chi connectivity index (χ0) is 11.1. The fraction of sp³-hybridized carbons (Fsp3) is 0.917. The van der Waals surface area contributed by atoms with Crippen molar-refractivity contribution in [2.45, 2.75) is 45.6 Å². The maximum Gasteiger partial charge on any atom is 0.191 e. The molecule has 15 heavy (non-hydrogen) atoms. The van der Waals surface area contributed by atoms with Crippen LogP contribution in [-0.4, -0.2) is 29.5 Å². The van der Waals surface area contributed by atoms with E-state index in [1.54, 1.807) is 0 Å². The Bertz CT molecular complexity index is 272. The van der Waals surface area contributed by atoms with Crippen molar-refractivity contribution < 1.29 is 0 Å². The highest BCUT2D eigenvalue weighted by molar-refractivity contribution is 5.81. The molecule has 0 saturated heterocycles. The van der Waals surface area contributed by atoms with E-state index in [-0.39, 0.29) is 5.54 Å². The Kier molecular flexibility index (Phi) is 2.65. The molecule has 1 fully saturated rings. The molecule has 0 aromatic rings. The largest absolute Gasteiger partial charge is 0.370 e. The summed E-state index contributed by atoms with van der Waals surface area (Å²) in [4.78, 5) is 6.84. The maximum absolute atomic E-state index is 6.00. The molecule has 0 aromatic carbocycles. The second-order valence-corrected chi connectivity index (χ2v) is 5.75. The lowest BCUT2D eigenvalue weighted by Gasteiger charge is -2.37. The van der Waals surface area contributed by atoms with E-state index in [0.717, 1.165) is 25.0 Å². The number of hydrogen-bond donors (Lipinski definition) is 1. The third-order valence-electron chi connectivity index (χ3n) is 3.76. The van der Waals surface area contributed by atoms with E-state index in [0.29, 0.717) is 5.92 Å². The number of nitrogens with zero attached hydrogens (tertiary/aromatic N) is 2. The van der Waals surface area contributed by atoms with Crippen LogP contribution in [-0.2, 0) is 0 Å². The van der Waals surface area contributed by atoms with Gasteiger partial charge in [-0.2, -0.15) is 0 Å². The summed E-state index contributed by atoms with van der Waals surface area (Å²) in [6, 6.07) is 0. The van der Waals surface area contributed by atoms with Gasteiger partial charge >= 0.3 is 0 Å². The molecule has 2 aliphatic rings. The number of rotatable bonds is 2. The quantitative estimate of drug-likeness (QED) is 0.754. The van der Waals surface area contributed by atoms with Gasteiger partial charge in [-0.05, 0) is 31.1 Å². The third kappa shape index (κ3) is 1.84. The Morgan fingerprint density at radius 1 is 1.60 bits per heavy atom. The summed E-state index contributed by atoms with van der Waals surface area (Å²) < 4.78 is 0. The van der Waals surface area contributed by atoms with Crippen molar-refractivity contribution in [1.29, 1.82) is 0 Å². The van der Waals surface area contributed by atoms with Crippen molar-refractivity contribution in [1.82, 2.24) is 4.90 Å². The molecule has 3 heteroatoms. The van der Waals surface area contributed by atoms with Crippen molar-refractivity contribution in [3.63, 3.8) is 0 Å². The van der Waals surface area contributed by atoms with Gasteiger partial charge < -0.3 is 10.6 Å². The Balaban J connectivity index is 2.13. The average Bonchev–Trinajstić information content (AvgIpc) is 2.65. The van der Waals surface area contributed by atoms with Crippen LogP contribution >= 0.6 is 0 Å². The topological polar surface area (TPSA) is 41.6 Å². The Labute approximate surface area is 92.7 Å². The van der Waals surface area contributed by atoms with Crippen LogP contribution < -0.4 is 5.73 Å². The second-order valence-electron chi connectivity index (χ2n) is 5.75. The molecule has 1 saturated carbocycles. The molecule has 1 heterocycles. The summed E-state index contributed by atoms with van der Waals surface area (Å²) in [5, 5.41) is 0. The first-order chi connectivity index (χ1) is 7.03. The van der Waals surface area contributed by atoms with E-state index in [2.05, 4.69) is 30.7 Å². The third-order valence-corrected chi connectivity index (χ3v) is 3.76. The number of hydrogen-bond acceptors (Lipinski definition) is 3. The minimum atomic E-state index is 0.285. The molecule has 2 N–H and O–H groups in total. The average molecular weight is 209 g/mol. The smallest absolute Gasteiger partial charge is 0.191 e.